The van der Waals surface area contributed by atoms with Gasteiger partial charge < -0.3 is 5.32 Å². The van der Waals surface area contributed by atoms with Gasteiger partial charge in [0.1, 0.15) is 0 Å². The quantitative estimate of drug-likeness (QED) is 0.663. The van der Waals surface area contributed by atoms with Gasteiger partial charge in [-0.05, 0) is 64.4 Å². The highest BCUT2D eigenvalue weighted by Gasteiger charge is 2.24. The Morgan fingerprint density at radius 3 is 2.66 bits per heavy atom. The van der Waals surface area contributed by atoms with Crippen molar-refractivity contribution >= 4 is 5.95 Å². The normalized spacial score (nSPS) is 15.6. The van der Waals surface area contributed by atoms with E-state index >= 15 is 0 Å². The van der Waals surface area contributed by atoms with E-state index in [1.165, 1.54) is 18.4 Å². The summed E-state index contributed by atoms with van der Waals surface area (Å²) in [5.74, 6) is 0.652. The lowest BCUT2D eigenvalue weighted by Crippen LogP contribution is -2.31. The van der Waals surface area contributed by atoms with Gasteiger partial charge in [0, 0.05) is 42.9 Å². The summed E-state index contributed by atoms with van der Waals surface area (Å²) in [5.41, 5.74) is 5.38. The SMILES string of the molecule is CCn1nc(C)c(-c2ccnc(NC[C@H](c3cccnc3)N3CCCC3)n2)c1C. The fraction of sp³-hybridized carbons (Fsp3) is 0.455. The van der Waals surface area contributed by atoms with Crippen molar-refractivity contribution < 1.29 is 0 Å². The number of rotatable bonds is 7. The summed E-state index contributed by atoms with van der Waals surface area (Å²) in [6, 6.07) is 6.39. The monoisotopic (exact) mass is 391 g/mol. The van der Waals surface area contributed by atoms with Gasteiger partial charge in [0.25, 0.3) is 0 Å². The first-order valence-electron chi connectivity index (χ1n) is 10.4. The van der Waals surface area contributed by atoms with E-state index in [1.807, 2.05) is 42.3 Å². The van der Waals surface area contributed by atoms with E-state index in [1.54, 1.807) is 0 Å². The number of pyridine rings is 1. The molecule has 0 saturated carbocycles. The molecule has 0 aliphatic carbocycles. The van der Waals surface area contributed by atoms with Gasteiger partial charge in [0.15, 0.2) is 0 Å². The first-order chi connectivity index (χ1) is 14.2. The summed E-state index contributed by atoms with van der Waals surface area (Å²) >= 11 is 0. The van der Waals surface area contributed by atoms with Crippen LogP contribution >= 0.6 is 0 Å². The Morgan fingerprint density at radius 1 is 1.14 bits per heavy atom. The molecule has 1 aliphatic heterocycles. The second-order valence-corrected chi connectivity index (χ2v) is 7.55. The number of hydrogen-bond acceptors (Lipinski definition) is 6. The second kappa shape index (κ2) is 8.69. The smallest absolute Gasteiger partial charge is 0.223 e. The maximum Gasteiger partial charge on any atom is 0.223 e. The van der Waals surface area contributed by atoms with Crippen molar-refractivity contribution in [3.05, 3.63) is 53.7 Å². The summed E-state index contributed by atoms with van der Waals surface area (Å²) < 4.78 is 2.02. The molecular weight excluding hydrogens is 362 g/mol. The van der Waals surface area contributed by atoms with Crippen LogP contribution in [-0.4, -0.2) is 49.3 Å². The van der Waals surface area contributed by atoms with Crippen molar-refractivity contribution in [2.24, 2.45) is 0 Å². The van der Waals surface area contributed by atoms with E-state index in [-0.39, 0.29) is 6.04 Å². The molecule has 7 nitrogen and oxygen atoms in total. The maximum atomic E-state index is 4.79. The Bertz CT molecular complexity index is 945. The third-order valence-electron chi connectivity index (χ3n) is 5.70. The number of hydrogen-bond donors (Lipinski definition) is 1. The van der Waals surface area contributed by atoms with Crippen molar-refractivity contribution in [3.8, 4) is 11.3 Å². The van der Waals surface area contributed by atoms with Gasteiger partial charge in [-0.25, -0.2) is 9.97 Å². The molecule has 7 heteroatoms. The first kappa shape index (κ1) is 19.5. The molecule has 0 aromatic carbocycles. The lowest BCUT2D eigenvalue weighted by atomic mass is 10.1. The average Bonchev–Trinajstić information content (AvgIpc) is 3.37. The van der Waals surface area contributed by atoms with Crippen LogP contribution in [0.15, 0.2) is 36.8 Å². The highest BCUT2D eigenvalue weighted by Crippen LogP contribution is 2.27. The van der Waals surface area contributed by atoms with Crippen LogP contribution in [0, 0.1) is 13.8 Å². The number of nitrogens with one attached hydrogen (secondary N) is 1. The fourth-order valence-corrected chi connectivity index (χ4v) is 4.23. The van der Waals surface area contributed by atoms with Crippen molar-refractivity contribution in [2.45, 2.75) is 46.2 Å². The molecule has 0 spiro atoms. The lowest BCUT2D eigenvalue weighted by molar-refractivity contribution is 0.255. The minimum Gasteiger partial charge on any atom is -0.352 e. The lowest BCUT2D eigenvalue weighted by Gasteiger charge is -2.28. The van der Waals surface area contributed by atoms with Crippen LogP contribution in [0.4, 0.5) is 5.95 Å². The van der Waals surface area contributed by atoms with Crippen LogP contribution in [-0.2, 0) is 6.54 Å². The van der Waals surface area contributed by atoms with Crippen molar-refractivity contribution in [1.82, 2.24) is 29.6 Å². The first-order valence-corrected chi connectivity index (χ1v) is 10.4. The van der Waals surface area contributed by atoms with E-state index in [0.29, 0.717) is 5.95 Å². The zero-order valence-corrected chi connectivity index (χ0v) is 17.5. The van der Waals surface area contributed by atoms with E-state index < -0.39 is 0 Å². The molecule has 4 rings (SSSR count). The van der Waals surface area contributed by atoms with Gasteiger partial charge in [-0.1, -0.05) is 6.07 Å². The maximum absolute atomic E-state index is 4.79. The highest BCUT2D eigenvalue weighted by molar-refractivity contribution is 5.65. The van der Waals surface area contributed by atoms with E-state index in [9.17, 15) is 0 Å². The van der Waals surface area contributed by atoms with Gasteiger partial charge in [0.2, 0.25) is 5.95 Å². The summed E-state index contributed by atoms with van der Waals surface area (Å²) in [4.78, 5) is 16.1. The number of likely N-dealkylation sites (tertiary alicyclic amines) is 1. The molecule has 1 saturated heterocycles. The van der Waals surface area contributed by atoms with Crippen LogP contribution in [0.25, 0.3) is 11.3 Å². The van der Waals surface area contributed by atoms with Crippen LogP contribution in [0.2, 0.25) is 0 Å². The number of aryl methyl sites for hydroxylation is 2. The molecule has 3 aromatic rings. The zero-order valence-electron chi connectivity index (χ0n) is 17.5. The number of nitrogens with zero attached hydrogens (tertiary/aromatic N) is 6. The zero-order chi connectivity index (χ0) is 20.2. The highest BCUT2D eigenvalue weighted by atomic mass is 15.3. The van der Waals surface area contributed by atoms with Crippen molar-refractivity contribution in [2.75, 3.05) is 25.0 Å². The van der Waals surface area contributed by atoms with Gasteiger partial charge in [-0.3, -0.25) is 14.6 Å². The van der Waals surface area contributed by atoms with Crippen molar-refractivity contribution in [1.29, 1.82) is 0 Å². The summed E-state index contributed by atoms with van der Waals surface area (Å²) in [6.45, 7) is 10.1. The standard InChI is InChI=1S/C22H29N7/c1-4-29-17(3)21(16(2)27-29)19-9-11-24-22(26-19)25-15-20(28-12-5-6-13-28)18-8-7-10-23-14-18/h7-11,14,20H,4-6,12-13,15H2,1-3H3,(H,24,25,26)/t20-/m1/s1. The van der Waals surface area contributed by atoms with E-state index in [0.717, 1.165) is 48.8 Å². The van der Waals surface area contributed by atoms with Gasteiger partial charge in [0.05, 0.1) is 17.4 Å². The van der Waals surface area contributed by atoms with E-state index in [2.05, 4.69) is 45.2 Å². The molecule has 4 heterocycles. The summed E-state index contributed by atoms with van der Waals surface area (Å²) in [6.07, 6.45) is 8.12. The molecule has 152 valence electrons. The molecule has 0 unspecified atom stereocenters. The van der Waals surface area contributed by atoms with Gasteiger partial charge >= 0.3 is 0 Å². The topological polar surface area (TPSA) is 71.8 Å². The van der Waals surface area contributed by atoms with Crippen molar-refractivity contribution in [3.63, 3.8) is 0 Å². The molecule has 1 fully saturated rings. The molecule has 0 radical (unpaired) electrons. The predicted molar refractivity (Wildman–Crippen MR) is 115 cm³/mol. The third kappa shape index (κ3) is 4.15. The van der Waals surface area contributed by atoms with Crippen LogP contribution in [0.1, 0.15) is 42.8 Å². The average molecular weight is 392 g/mol. The molecule has 0 amide bonds. The molecular formula is C22H29N7. The second-order valence-electron chi connectivity index (χ2n) is 7.55. The van der Waals surface area contributed by atoms with Crippen LogP contribution in [0.5, 0.6) is 0 Å². The Kier molecular flexibility index (Phi) is 5.85. The van der Waals surface area contributed by atoms with Crippen LogP contribution < -0.4 is 5.32 Å². The largest absolute Gasteiger partial charge is 0.352 e. The predicted octanol–water partition coefficient (Wildman–Crippen LogP) is 3.62. The summed E-state index contributed by atoms with van der Waals surface area (Å²) in [7, 11) is 0. The minimum absolute atomic E-state index is 0.268. The molecule has 0 bridgehead atoms. The number of anilines is 1. The Morgan fingerprint density at radius 2 is 1.97 bits per heavy atom. The summed E-state index contributed by atoms with van der Waals surface area (Å²) in [5, 5.41) is 8.09. The Balaban J connectivity index is 1.55. The molecule has 1 aliphatic rings. The Labute approximate surface area is 172 Å². The van der Waals surface area contributed by atoms with Gasteiger partial charge in [-0.2, -0.15) is 5.10 Å². The van der Waals surface area contributed by atoms with E-state index in [4.69, 9.17) is 4.98 Å². The van der Waals surface area contributed by atoms with Crippen LogP contribution in [0.3, 0.4) is 0 Å². The molecule has 1 N–H and O–H groups in total. The Hall–Kier alpha value is -2.80. The minimum atomic E-state index is 0.268. The third-order valence-corrected chi connectivity index (χ3v) is 5.70. The molecule has 3 aromatic heterocycles. The fourth-order valence-electron chi connectivity index (χ4n) is 4.23. The van der Waals surface area contributed by atoms with Gasteiger partial charge in [-0.15, -0.1) is 0 Å². The molecule has 1 atom stereocenters. The molecule has 29 heavy (non-hydrogen) atoms. The number of aromatic nitrogens is 5.